The van der Waals surface area contributed by atoms with Crippen LogP contribution in [0, 0.1) is 0 Å². The van der Waals surface area contributed by atoms with Crippen molar-refractivity contribution in [2.75, 3.05) is 39.6 Å². The third kappa shape index (κ3) is 75.4. The molecule has 0 radical (unpaired) electrons. The molecule has 19 heteroatoms. The van der Waals surface area contributed by atoms with Crippen molar-refractivity contribution in [3.63, 3.8) is 0 Å². The summed E-state index contributed by atoms with van der Waals surface area (Å²) < 4.78 is 68.5. The van der Waals surface area contributed by atoms with Crippen molar-refractivity contribution < 1.29 is 80.2 Å². The topological polar surface area (TPSA) is 237 Å². The van der Waals surface area contributed by atoms with Crippen molar-refractivity contribution in [3.05, 3.63) is 134 Å². The van der Waals surface area contributed by atoms with Crippen LogP contribution in [-0.4, -0.2) is 96.7 Å². The Balaban J connectivity index is 5.44. The van der Waals surface area contributed by atoms with Crippen LogP contribution in [-0.2, 0) is 65.4 Å². The highest BCUT2D eigenvalue weighted by molar-refractivity contribution is 7.47. The number of aliphatic hydroxyl groups is 1. The fourth-order valence-electron chi connectivity index (χ4n) is 10.4. The lowest BCUT2D eigenvalue weighted by molar-refractivity contribution is -0.161. The van der Waals surface area contributed by atoms with Crippen LogP contribution < -0.4 is 0 Å². The Morgan fingerprint density at radius 1 is 0.288 bits per heavy atom. The van der Waals surface area contributed by atoms with E-state index in [1.54, 1.807) is 6.08 Å². The van der Waals surface area contributed by atoms with Crippen LogP contribution in [0.25, 0.3) is 0 Å². The summed E-state index contributed by atoms with van der Waals surface area (Å²) in [5, 5.41) is 10.6. The molecule has 0 aromatic heterocycles. The van der Waals surface area contributed by atoms with Crippen LogP contribution in [0.2, 0.25) is 0 Å². The number of carbonyl (C=O) groups is 4. The zero-order valence-electron chi connectivity index (χ0n) is 65.2. The van der Waals surface area contributed by atoms with E-state index in [1.165, 1.54) is 77.0 Å². The molecule has 0 heterocycles. The van der Waals surface area contributed by atoms with Crippen LogP contribution in [0.3, 0.4) is 0 Å². The van der Waals surface area contributed by atoms with Gasteiger partial charge in [0.1, 0.15) is 19.3 Å². The monoisotopic (exact) mass is 1500 g/mol. The van der Waals surface area contributed by atoms with Crippen LogP contribution in [0.1, 0.15) is 323 Å². The van der Waals surface area contributed by atoms with Crippen LogP contribution in [0.4, 0.5) is 0 Å². The van der Waals surface area contributed by atoms with E-state index in [-0.39, 0.29) is 25.7 Å². The minimum Gasteiger partial charge on any atom is -0.462 e. The van der Waals surface area contributed by atoms with Crippen molar-refractivity contribution in [1.82, 2.24) is 0 Å². The summed E-state index contributed by atoms with van der Waals surface area (Å²) in [5.74, 6) is -2.36. The Bertz CT molecular complexity index is 2490. The minimum atomic E-state index is -5.00. The predicted molar refractivity (Wildman–Crippen MR) is 427 cm³/mol. The number of esters is 4. The molecule has 0 bridgehead atoms. The summed E-state index contributed by atoms with van der Waals surface area (Å²) >= 11 is 0. The highest BCUT2D eigenvalue weighted by Gasteiger charge is 2.30. The van der Waals surface area contributed by atoms with Gasteiger partial charge in [-0.3, -0.25) is 37.3 Å². The van der Waals surface area contributed by atoms with Gasteiger partial charge in [-0.25, -0.2) is 9.13 Å². The molecule has 0 aliphatic rings. The number of aliphatic hydroxyl groups excluding tert-OH is 1. The van der Waals surface area contributed by atoms with Crippen molar-refractivity contribution in [1.29, 1.82) is 0 Å². The first-order chi connectivity index (χ1) is 50.7. The van der Waals surface area contributed by atoms with Gasteiger partial charge in [0.25, 0.3) is 0 Å². The molecule has 0 aliphatic heterocycles. The molecular weight excluding hydrogens is 1350 g/mol. The van der Waals surface area contributed by atoms with Gasteiger partial charge in [0, 0.05) is 19.3 Å². The van der Waals surface area contributed by atoms with E-state index in [4.69, 9.17) is 37.0 Å². The number of ether oxygens (including phenoxy) is 4. The Kier molecular flexibility index (Phi) is 72.9. The Labute approximate surface area is 631 Å². The van der Waals surface area contributed by atoms with E-state index in [0.717, 1.165) is 167 Å². The predicted octanol–water partition coefficient (Wildman–Crippen LogP) is 23.7. The highest BCUT2D eigenvalue weighted by atomic mass is 31.2. The van der Waals surface area contributed by atoms with Gasteiger partial charge in [0.15, 0.2) is 12.2 Å². The highest BCUT2D eigenvalue weighted by Crippen LogP contribution is 2.45. The van der Waals surface area contributed by atoms with E-state index in [2.05, 4.69) is 137 Å². The molecule has 0 aliphatic carbocycles. The van der Waals surface area contributed by atoms with Crippen LogP contribution >= 0.6 is 15.6 Å². The SMILES string of the molecule is CC/C=C\C/C=C\C/C=C\C/C=C\C/C=C\CC(=O)OCC(COP(=O)(O)OCC(O)COP(=O)(O)OCC(COC(=O)CCCCCCCC/C=C\C/C=C\C/C=C\CCCCC)OC(=O)CCCCCCC/C=C\CCCCCCCC)OC(=O)CCCCCCC/C=C\C/C=C\CCCCC. The molecule has 3 N–H and O–H groups in total. The molecule has 17 nitrogen and oxygen atoms in total. The fourth-order valence-corrected chi connectivity index (χ4v) is 12.0. The normalized spacial score (nSPS) is 14.6. The number of hydrogen-bond acceptors (Lipinski definition) is 15. The smallest absolute Gasteiger partial charge is 0.462 e. The van der Waals surface area contributed by atoms with Crippen LogP contribution in [0.15, 0.2) is 134 Å². The van der Waals surface area contributed by atoms with Crippen molar-refractivity contribution >= 4 is 39.5 Å². The average molecular weight is 1500 g/mol. The standard InChI is InChI=1S/C85H144O17P2/c1-5-9-13-17-21-25-29-33-37-38-39-40-44-46-50-54-58-62-66-70-83(88)96-76-81(102-85(90)72-68-64-60-56-52-48-43-36-32-28-24-20-16-12-8-4)78-100-104(93,94)98-74-79(86)73-97-103(91,92)99-77-80(101-84(89)71-67-63-59-55-51-47-42-35-31-27-23-19-15-11-7-3)75-95-82(87)69-65-61-57-53-49-45-41-34-30-26-22-18-14-10-6-2/h10,14,21-23,25-27,33-37,39-43,49,53,61,65,79-81,86H,5-9,11-13,15-20,24,28-32,38,44-48,50-52,54-60,62-64,66-78H2,1-4H3,(H,91,92)(H,93,94)/b14-10-,25-21-,26-22-,27-23-,37-33-,40-39-,41-34-,42-35-,43-36-,53-49-,65-61-. The second kappa shape index (κ2) is 76.4. The lowest BCUT2D eigenvalue weighted by atomic mass is 10.1. The molecule has 5 unspecified atom stereocenters. The van der Waals surface area contributed by atoms with E-state index in [0.29, 0.717) is 25.7 Å². The maximum Gasteiger partial charge on any atom is 0.472 e. The van der Waals surface area contributed by atoms with Crippen molar-refractivity contribution in [2.45, 2.75) is 341 Å². The zero-order valence-corrected chi connectivity index (χ0v) is 66.9. The number of carbonyl (C=O) groups excluding carboxylic acids is 4. The maximum absolute atomic E-state index is 13.1. The summed E-state index contributed by atoms with van der Waals surface area (Å²) in [6, 6.07) is 0. The van der Waals surface area contributed by atoms with Gasteiger partial charge >= 0.3 is 39.5 Å². The molecule has 0 amide bonds. The van der Waals surface area contributed by atoms with E-state index >= 15 is 0 Å². The fraction of sp³-hybridized carbons (Fsp3) is 0.694. The minimum absolute atomic E-state index is 0.0564. The van der Waals surface area contributed by atoms with Gasteiger partial charge in [-0.05, 0) is 148 Å². The molecule has 0 spiro atoms. The maximum atomic E-state index is 13.1. The second-order valence-electron chi connectivity index (χ2n) is 26.6. The van der Waals surface area contributed by atoms with Gasteiger partial charge < -0.3 is 33.8 Å². The van der Waals surface area contributed by atoms with Gasteiger partial charge in [-0.1, -0.05) is 283 Å². The summed E-state index contributed by atoms with van der Waals surface area (Å²) in [6.07, 6.45) is 86.0. The van der Waals surface area contributed by atoms with Gasteiger partial charge in [0.05, 0.1) is 32.8 Å². The molecule has 0 aromatic carbocycles. The Morgan fingerprint density at radius 3 is 0.885 bits per heavy atom. The lowest BCUT2D eigenvalue weighted by Gasteiger charge is -2.21. The third-order valence-corrected chi connectivity index (χ3v) is 18.5. The molecule has 0 saturated carbocycles. The summed E-state index contributed by atoms with van der Waals surface area (Å²) in [5.41, 5.74) is 0. The molecule has 0 saturated heterocycles. The van der Waals surface area contributed by atoms with Gasteiger partial charge in [-0.2, -0.15) is 0 Å². The first-order valence-corrected chi connectivity index (χ1v) is 43.4. The summed E-state index contributed by atoms with van der Waals surface area (Å²) in [6.45, 7) is 4.56. The van der Waals surface area contributed by atoms with Gasteiger partial charge in [0.2, 0.25) is 0 Å². The molecule has 596 valence electrons. The summed E-state index contributed by atoms with van der Waals surface area (Å²) in [4.78, 5) is 73.0. The van der Waals surface area contributed by atoms with Crippen molar-refractivity contribution in [3.8, 4) is 0 Å². The molecule has 5 atom stereocenters. The Hall–Kier alpha value is -4.80. The zero-order chi connectivity index (χ0) is 76.0. The van der Waals surface area contributed by atoms with Crippen molar-refractivity contribution in [2.24, 2.45) is 0 Å². The molecular formula is C85H144O17P2. The summed E-state index contributed by atoms with van der Waals surface area (Å²) in [7, 11) is -10.00. The first-order valence-electron chi connectivity index (χ1n) is 40.4. The number of rotatable bonds is 75. The molecule has 0 fully saturated rings. The number of phosphoric ester groups is 2. The lowest BCUT2D eigenvalue weighted by Crippen LogP contribution is -2.30. The number of allylic oxidation sites excluding steroid dienone is 21. The average Bonchev–Trinajstić information content (AvgIpc) is 0.912. The second-order valence-corrected chi connectivity index (χ2v) is 29.5. The number of unbranched alkanes of at least 4 members (excludes halogenated alkanes) is 28. The third-order valence-electron chi connectivity index (χ3n) is 16.6. The van der Waals surface area contributed by atoms with Gasteiger partial charge in [-0.15, -0.1) is 0 Å². The van der Waals surface area contributed by atoms with E-state index in [1.807, 2.05) is 18.2 Å². The van der Waals surface area contributed by atoms with E-state index < -0.39 is 97.5 Å². The molecule has 104 heavy (non-hydrogen) atoms. The first kappa shape index (κ1) is 99.2. The molecule has 0 aromatic rings. The van der Waals surface area contributed by atoms with Crippen LogP contribution in [0.5, 0.6) is 0 Å². The number of hydrogen-bond donors (Lipinski definition) is 3. The van der Waals surface area contributed by atoms with E-state index in [9.17, 15) is 43.2 Å². The number of phosphoric acid groups is 2. The quantitative estimate of drug-likeness (QED) is 0.0169. The largest absolute Gasteiger partial charge is 0.472 e. The molecule has 0 rings (SSSR count). The Morgan fingerprint density at radius 2 is 0.538 bits per heavy atom.